The van der Waals surface area contributed by atoms with Crippen molar-refractivity contribution < 1.29 is 13.9 Å². The molecule has 0 unspecified atom stereocenters. The second-order valence-corrected chi connectivity index (χ2v) is 3.48. The molecule has 3 nitrogen and oxygen atoms in total. The number of ether oxygens (including phenoxy) is 1. The quantitative estimate of drug-likeness (QED) is 0.816. The second-order valence-electron chi connectivity index (χ2n) is 3.48. The predicted molar refractivity (Wildman–Crippen MR) is 55.6 cm³/mol. The number of hydrogen-bond donors (Lipinski definition) is 1. The minimum Gasteiger partial charge on any atom is -0.407 e. The lowest BCUT2D eigenvalue weighted by Gasteiger charge is -2.09. The van der Waals surface area contributed by atoms with E-state index >= 15 is 0 Å². The molecule has 0 heterocycles. The highest BCUT2D eigenvalue weighted by Gasteiger charge is 2.10. The molecule has 1 aromatic rings. The third-order valence-electron chi connectivity index (χ3n) is 2.03. The molecular weight excluding hydrogens is 197 g/mol. The Hall–Kier alpha value is -1.58. The summed E-state index contributed by atoms with van der Waals surface area (Å²) < 4.78 is 18.0. The van der Waals surface area contributed by atoms with Gasteiger partial charge in [0.1, 0.15) is 0 Å². The first kappa shape index (κ1) is 11.5. The smallest absolute Gasteiger partial charge is 0.407 e. The van der Waals surface area contributed by atoms with Crippen LogP contribution < -0.4 is 10.1 Å². The Labute approximate surface area is 88.2 Å². The maximum absolute atomic E-state index is 13.2. The van der Waals surface area contributed by atoms with Crippen molar-refractivity contribution in [3.8, 4) is 5.75 Å². The van der Waals surface area contributed by atoms with Crippen molar-refractivity contribution in [2.45, 2.75) is 19.8 Å². The van der Waals surface area contributed by atoms with Crippen LogP contribution in [-0.2, 0) is 0 Å². The molecule has 0 radical (unpaired) electrons. The molecule has 0 aromatic heterocycles. The molecule has 0 aliphatic heterocycles. The van der Waals surface area contributed by atoms with E-state index < -0.39 is 11.9 Å². The first-order valence-electron chi connectivity index (χ1n) is 4.73. The number of carbonyl (C=O) groups is 1. The molecule has 1 amide bonds. The standard InChI is InChI=1S/C11H14FNO2/c1-7(2)8-4-5-9(12)10(6-8)15-11(14)13-3/h4-7H,1-3H3,(H,13,14). The number of carbonyl (C=O) groups excluding carboxylic acids is 1. The molecule has 1 rings (SSSR count). The van der Waals surface area contributed by atoms with Gasteiger partial charge in [0.15, 0.2) is 11.6 Å². The molecule has 15 heavy (non-hydrogen) atoms. The Morgan fingerprint density at radius 1 is 1.47 bits per heavy atom. The largest absolute Gasteiger partial charge is 0.412 e. The Bertz CT molecular complexity index is 364. The summed E-state index contributed by atoms with van der Waals surface area (Å²) in [6.07, 6.45) is -0.671. The van der Waals surface area contributed by atoms with Gasteiger partial charge in [0.2, 0.25) is 0 Å². The first-order chi connectivity index (χ1) is 7.04. The van der Waals surface area contributed by atoms with Crippen LogP contribution >= 0.6 is 0 Å². The monoisotopic (exact) mass is 211 g/mol. The fourth-order valence-electron chi connectivity index (χ4n) is 1.11. The lowest BCUT2D eigenvalue weighted by Crippen LogP contribution is -2.22. The Morgan fingerprint density at radius 2 is 2.13 bits per heavy atom. The van der Waals surface area contributed by atoms with Crippen LogP contribution in [0.5, 0.6) is 5.75 Å². The van der Waals surface area contributed by atoms with Gasteiger partial charge in [-0.25, -0.2) is 9.18 Å². The van der Waals surface area contributed by atoms with Gasteiger partial charge < -0.3 is 10.1 Å². The van der Waals surface area contributed by atoms with E-state index in [0.29, 0.717) is 0 Å². The Balaban J connectivity index is 2.95. The van der Waals surface area contributed by atoms with Gasteiger partial charge >= 0.3 is 6.09 Å². The van der Waals surface area contributed by atoms with Gasteiger partial charge in [0.25, 0.3) is 0 Å². The minimum absolute atomic E-state index is 0.0412. The van der Waals surface area contributed by atoms with Crippen molar-refractivity contribution in [3.63, 3.8) is 0 Å². The number of nitrogens with one attached hydrogen (secondary N) is 1. The van der Waals surface area contributed by atoms with Crippen LogP contribution in [0.3, 0.4) is 0 Å². The fraction of sp³-hybridized carbons (Fsp3) is 0.364. The van der Waals surface area contributed by atoms with Gasteiger partial charge in [-0.1, -0.05) is 19.9 Å². The van der Waals surface area contributed by atoms with Crippen LogP contribution in [0.4, 0.5) is 9.18 Å². The molecule has 1 N–H and O–H groups in total. The zero-order valence-corrected chi connectivity index (χ0v) is 9.00. The molecule has 0 saturated carbocycles. The lowest BCUT2D eigenvalue weighted by molar-refractivity contribution is 0.200. The topological polar surface area (TPSA) is 38.3 Å². The van der Waals surface area contributed by atoms with Gasteiger partial charge in [0, 0.05) is 7.05 Å². The Kier molecular flexibility index (Phi) is 3.66. The lowest BCUT2D eigenvalue weighted by atomic mass is 10.0. The number of benzene rings is 1. The number of rotatable bonds is 2. The van der Waals surface area contributed by atoms with Crippen molar-refractivity contribution >= 4 is 6.09 Å². The van der Waals surface area contributed by atoms with Gasteiger partial charge in [-0.15, -0.1) is 0 Å². The highest BCUT2D eigenvalue weighted by atomic mass is 19.1. The van der Waals surface area contributed by atoms with E-state index in [4.69, 9.17) is 4.74 Å². The van der Waals surface area contributed by atoms with Crippen LogP contribution in [-0.4, -0.2) is 13.1 Å². The summed E-state index contributed by atoms with van der Waals surface area (Å²) in [6.45, 7) is 3.97. The van der Waals surface area contributed by atoms with E-state index in [-0.39, 0.29) is 11.7 Å². The summed E-state index contributed by atoms with van der Waals surface area (Å²) in [7, 11) is 1.42. The fourth-order valence-corrected chi connectivity index (χ4v) is 1.11. The predicted octanol–water partition coefficient (Wildman–Crippen LogP) is 2.67. The Morgan fingerprint density at radius 3 is 2.67 bits per heavy atom. The summed E-state index contributed by atoms with van der Waals surface area (Å²) in [5.41, 5.74) is 0.926. The van der Waals surface area contributed by atoms with E-state index in [1.807, 2.05) is 13.8 Å². The van der Waals surface area contributed by atoms with Crippen LogP contribution in [0.1, 0.15) is 25.3 Å². The molecule has 0 atom stereocenters. The molecule has 0 saturated heterocycles. The van der Waals surface area contributed by atoms with E-state index in [1.165, 1.54) is 19.2 Å². The SMILES string of the molecule is CNC(=O)Oc1cc(C(C)C)ccc1F. The molecule has 1 aromatic carbocycles. The molecular formula is C11H14FNO2. The first-order valence-corrected chi connectivity index (χ1v) is 4.73. The van der Waals surface area contributed by atoms with E-state index in [9.17, 15) is 9.18 Å². The highest BCUT2D eigenvalue weighted by molar-refractivity contribution is 5.70. The summed E-state index contributed by atoms with van der Waals surface area (Å²) >= 11 is 0. The maximum Gasteiger partial charge on any atom is 0.412 e. The van der Waals surface area contributed by atoms with Gasteiger partial charge in [0.05, 0.1) is 0 Å². The molecule has 0 spiro atoms. The average Bonchev–Trinajstić information content (AvgIpc) is 2.20. The van der Waals surface area contributed by atoms with E-state index in [1.54, 1.807) is 6.07 Å². The second kappa shape index (κ2) is 4.77. The van der Waals surface area contributed by atoms with Crippen LogP contribution in [0, 0.1) is 5.82 Å². The van der Waals surface area contributed by atoms with Gasteiger partial charge in [-0.3, -0.25) is 0 Å². The number of hydrogen-bond acceptors (Lipinski definition) is 2. The third kappa shape index (κ3) is 2.94. The number of amides is 1. The number of halogens is 1. The zero-order valence-electron chi connectivity index (χ0n) is 9.00. The van der Waals surface area contributed by atoms with Gasteiger partial charge in [-0.05, 0) is 23.6 Å². The van der Waals surface area contributed by atoms with Crippen LogP contribution in [0.2, 0.25) is 0 Å². The third-order valence-corrected chi connectivity index (χ3v) is 2.03. The average molecular weight is 211 g/mol. The van der Waals surface area contributed by atoms with Crippen molar-refractivity contribution in [3.05, 3.63) is 29.6 Å². The summed E-state index contributed by atoms with van der Waals surface area (Å²) in [5.74, 6) is -0.318. The van der Waals surface area contributed by atoms with Crippen molar-refractivity contribution in [2.75, 3.05) is 7.05 Å². The molecule has 4 heteroatoms. The minimum atomic E-state index is -0.671. The van der Waals surface area contributed by atoms with E-state index in [0.717, 1.165) is 5.56 Å². The van der Waals surface area contributed by atoms with Crippen LogP contribution in [0.25, 0.3) is 0 Å². The zero-order chi connectivity index (χ0) is 11.4. The molecule has 0 aliphatic carbocycles. The maximum atomic E-state index is 13.2. The molecule has 0 aliphatic rings. The summed E-state index contributed by atoms with van der Waals surface area (Å²) in [6, 6.07) is 4.51. The molecule has 82 valence electrons. The van der Waals surface area contributed by atoms with Gasteiger partial charge in [-0.2, -0.15) is 0 Å². The normalized spacial score (nSPS) is 10.2. The summed E-state index contributed by atoms with van der Waals surface area (Å²) in [5, 5.41) is 2.26. The van der Waals surface area contributed by atoms with E-state index in [2.05, 4.69) is 5.32 Å². The van der Waals surface area contributed by atoms with Crippen LogP contribution in [0.15, 0.2) is 18.2 Å². The van der Waals surface area contributed by atoms with Crippen molar-refractivity contribution in [1.82, 2.24) is 5.32 Å². The molecule has 0 bridgehead atoms. The van der Waals surface area contributed by atoms with Crippen molar-refractivity contribution in [2.24, 2.45) is 0 Å². The molecule has 0 fully saturated rings. The highest BCUT2D eigenvalue weighted by Crippen LogP contribution is 2.23. The summed E-state index contributed by atoms with van der Waals surface area (Å²) in [4.78, 5) is 10.9. The van der Waals surface area contributed by atoms with Crippen molar-refractivity contribution in [1.29, 1.82) is 0 Å².